The number of H-pyrrole nitrogens is 1. The summed E-state index contributed by atoms with van der Waals surface area (Å²) < 4.78 is 14.4. The minimum Gasteiger partial charge on any atom is -0.350 e. The third kappa shape index (κ3) is 3.51. The van der Waals surface area contributed by atoms with E-state index >= 15 is 0 Å². The van der Waals surface area contributed by atoms with E-state index in [2.05, 4.69) is 10.1 Å². The highest BCUT2D eigenvalue weighted by Crippen LogP contribution is 2.23. The van der Waals surface area contributed by atoms with E-state index in [0.29, 0.717) is 17.7 Å². The maximum Gasteiger partial charge on any atom is 0.291 e. The van der Waals surface area contributed by atoms with Crippen LogP contribution in [-0.4, -0.2) is 27.2 Å². The molecule has 1 N–H and O–H groups in total. The molecule has 0 aliphatic carbocycles. The number of nitrogens with zero attached hydrogens (tertiary/aromatic N) is 3. The summed E-state index contributed by atoms with van der Waals surface area (Å²) in [6.45, 7) is 4.21. The third-order valence-corrected chi connectivity index (χ3v) is 4.94. The molecule has 2 aromatic carbocycles. The fraction of sp³-hybridized carbons (Fsp3) is 0.227. The summed E-state index contributed by atoms with van der Waals surface area (Å²) in [5, 5.41) is 5.90. The number of fused-ring (bicyclic) bond motifs is 3. The van der Waals surface area contributed by atoms with Crippen molar-refractivity contribution >= 4 is 33.4 Å². The number of benzene rings is 2. The van der Waals surface area contributed by atoms with Crippen molar-refractivity contribution in [3.63, 3.8) is 0 Å². The first-order valence-corrected chi connectivity index (χ1v) is 9.52. The molecule has 0 bridgehead atoms. The Kier molecular flexibility index (Phi) is 4.88. The molecule has 7 heteroatoms. The van der Waals surface area contributed by atoms with Gasteiger partial charge in [-0.15, -0.1) is 0 Å². The van der Waals surface area contributed by atoms with Crippen molar-refractivity contribution < 1.29 is 9.18 Å². The highest BCUT2D eigenvalue weighted by molar-refractivity contribution is 6.06. The van der Waals surface area contributed by atoms with Gasteiger partial charge in [0.2, 0.25) is 5.91 Å². The number of halogens is 1. The van der Waals surface area contributed by atoms with Gasteiger partial charge in [-0.2, -0.15) is 5.10 Å². The zero-order chi connectivity index (χ0) is 20.5. The second kappa shape index (κ2) is 7.50. The van der Waals surface area contributed by atoms with Crippen molar-refractivity contribution in [1.29, 1.82) is 0 Å². The van der Waals surface area contributed by atoms with E-state index < -0.39 is 0 Å². The van der Waals surface area contributed by atoms with Crippen LogP contribution in [0.25, 0.3) is 21.8 Å². The van der Waals surface area contributed by atoms with Crippen LogP contribution in [0, 0.1) is 12.7 Å². The van der Waals surface area contributed by atoms with Gasteiger partial charge < -0.3 is 9.88 Å². The van der Waals surface area contributed by atoms with E-state index in [-0.39, 0.29) is 23.8 Å². The second-order valence-electron chi connectivity index (χ2n) is 7.09. The Morgan fingerprint density at radius 3 is 2.66 bits per heavy atom. The molecule has 0 aliphatic heterocycles. The highest BCUT2D eigenvalue weighted by atomic mass is 19.1. The van der Waals surface area contributed by atoms with E-state index in [1.165, 1.54) is 16.8 Å². The van der Waals surface area contributed by atoms with Crippen LogP contribution in [-0.2, 0) is 11.3 Å². The van der Waals surface area contributed by atoms with Crippen LogP contribution in [0.1, 0.15) is 18.9 Å². The number of nitrogens with one attached hydrogen (secondary N) is 1. The standard InChI is InChI=1S/C22H21FN4O2/c1-3-10-26(16-7-5-15(23)6-8-16)20(28)13-27-22(29)21-18(12-24-27)17-11-14(2)4-9-19(17)25-21/h4-9,11-12,25H,3,10,13H2,1-2H3. The molecule has 4 aromatic rings. The number of carbonyl (C=O) groups excluding carboxylic acids is 1. The lowest BCUT2D eigenvalue weighted by atomic mass is 10.1. The van der Waals surface area contributed by atoms with Crippen molar-refractivity contribution in [1.82, 2.24) is 14.8 Å². The lowest BCUT2D eigenvalue weighted by molar-refractivity contribution is -0.119. The first-order chi connectivity index (χ1) is 14.0. The van der Waals surface area contributed by atoms with E-state index in [0.717, 1.165) is 28.3 Å². The molecule has 6 nitrogen and oxygen atoms in total. The number of rotatable bonds is 5. The molecule has 0 atom stereocenters. The first-order valence-electron chi connectivity index (χ1n) is 9.52. The molecule has 4 rings (SSSR count). The summed E-state index contributed by atoms with van der Waals surface area (Å²) in [6, 6.07) is 11.6. The van der Waals surface area contributed by atoms with Gasteiger partial charge in [-0.05, 0) is 49.7 Å². The van der Waals surface area contributed by atoms with Gasteiger partial charge in [-0.25, -0.2) is 9.07 Å². The first kappa shape index (κ1) is 18.9. The van der Waals surface area contributed by atoms with Crippen LogP contribution in [0.5, 0.6) is 0 Å². The van der Waals surface area contributed by atoms with Crippen LogP contribution in [0.2, 0.25) is 0 Å². The number of aromatic nitrogens is 3. The Hall–Kier alpha value is -3.48. The van der Waals surface area contributed by atoms with Gasteiger partial charge in [0, 0.05) is 28.5 Å². The lowest BCUT2D eigenvalue weighted by Gasteiger charge is -2.22. The van der Waals surface area contributed by atoms with Crippen LogP contribution < -0.4 is 10.5 Å². The van der Waals surface area contributed by atoms with Gasteiger partial charge in [0.15, 0.2) is 0 Å². The molecule has 148 valence electrons. The molecule has 0 spiro atoms. The van der Waals surface area contributed by atoms with Crippen molar-refractivity contribution in [2.75, 3.05) is 11.4 Å². The van der Waals surface area contributed by atoms with Gasteiger partial charge >= 0.3 is 0 Å². The quantitative estimate of drug-likeness (QED) is 0.562. The largest absolute Gasteiger partial charge is 0.350 e. The Balaban J connectivity index is 1.69. The molecule has 29 heavy (non-hydrogen) atoms. The number of amides is 1. The number of carbonyl (C=O) groups is 1. The normalized spacial score (nSPS) is 11.3. The Morgan fingerprint density at radius 2 is 1.93 bits per heavy atom. The Labute approximate surface area is 166 Å². The summed E-state index contributed by atoms with van der Waals surface area (Å²) in [6.07, 6.45) is 2.34. The second-order valence-corrected chi connectivity index (χ2v) is 7.09. The molecule has 1 amide bonds. The molecule has 0 aliphatic rings. The van der Waals surface area contributed by atoms with Crippen molar-refractivity contribution in [3.8, 4) is 0 Å². The summed E-state index contributed by atoms with van der Waals surface area (Å²) >= 11 is 0. The predicted octanol–water partition coefficient (Wildman–Crippen LogP) is 3.77. The molecule has 0 fully saturated rings. The average Bonchev–Trinajstić information content (AvgIpc) is 3.07. The van der Waals surface area contributed by atoms with Gasteiger partial charge in [0.1, 0.15) is 17.9 Å². The van der Waals surface area contributed by atoms with E-state index in [4.69, 9.17) is 0 Å². The van der Waals surface area contributed by atoms with Crippen LogP contribution >= 0.6 is 0 Å². The van der Waals surface area contributed by atoms with E-state index in [1.807, 2.05) is 32.0 Å². The zero-order valence-corrected chi connectivity index (χ0v) is 16.3. The minimum atomic E-state index is -0.366. The number of anilines is 1. The maximum absolute atomic E-state index is 13.2. The van der Waals surface area contributed by atoms with Crippen molar-refractivity contribution in [3.05, 3.63) is 70.4 Å². The fourth-order valence-corrected chi connectivity index (χ4v) is 3.51. The molecule has 0 saturated heterocycles. The summed E-state index contributed by atoms with van der Waals surface area (Å²) in [5.74, 6) is -0.644. The van der Waals surface area contributed by atoms with Crippen LogP contribution in [0.4, 0.5) is 10.1 Å². The fourth-order valence-electron chi connectivity index (χ4n) is 3.51. The number of hydrogen-bond acceptors (Lipinski definition) is 3. The summed E-state index contributed by atoms with van der Waals surface area (Å²) in [4.78, 5) is 30.5. The SMILES string of the molecule is CCCN(C(=O)Cn1ncc2c([nH]c3ccc(C)cc32)c1=O)c1ccc(F)cc1. The van der Waals surface area contributed by atoms with E-state index in [9.17, 15) is 14.0 Å². The maximum atomic E-state index is 13.2. The monoisotopic (exact) mass is 392 g/mol. The smallest absolute Gasteiger partial charge is 0.291 e. The Morgan fingerprint density at radius 1 is 1.17 bits per heavy atom. The Bertz CT molecular complexity index is 1260. The molecule has 0 radical (unpaired) electrons. The molecular weight excluding hydrogens is 371 g/mol. The predicted molar refractivity (Wildman–Crippen MR) is 112 cm³/mol. The summed E-state index contributed by atoms with van der Waals surface area (Å²) in [7, 11) is 0. The van der Waals surface area contributed by atoms with Crippen LogP contribution in [0.15, 0.2) is 53.5 Å². The number of aryl methyl sites for hydroxylation is 1. The molecule has 0 saturated carbocycles. The van der Waals surface area contributed by atoms with Gasteiger partial charge in [-0.3, -0.25) is 9.59 Å². The minimum absolute atomic E-state index is 0.194. The van der Waals surface area contributed by atoms with Gasteiger partial charge in [0.05, 0.1) is 6.20 Å². The highest BCUT2D eigenvalue weighted by Gasteiger charge is 2.18. The van der Waals surface area contributed by atoms with E-state index in [1.54, 1.807) is 23.2 Å². The van der Waals surface area contributed by atoms with Gasteiger partial charge in [0.25, 0.3) is 5.56 Å². The van der Waals surface area contributed by atoms with Crippen molar-refractivity contribution in [2.24, 2.45) is 0 Å². The molecular formula is C22H21FN4O2. The molecule has 2 aromatic heterocycles. The molecule has 2 heterocycles. The number of aromatic amines is 1. The lowest BCUT2D eigenvalue weighted by Crippen LogP contribution is -2.38. The van der Waals surface area contributed by atoms with Gasteiger partial charge in [-0.1, -0.05) is 18.6 Å². The number of hydrogen-bond donors (Lipinski definition) is 1. The topological polar surface area (TPSA) is 71.0 Å². The van der Waals surface area contributed by atoms with Crippen LogP contribution in [0.3, 0.4) is 0 Å². The third-order valence-electron chi connectivity index (χ3n) is 4.94. The summed E-state index contributed by atoms with van der Waals surface area (Å²) in [5.41, 5.74) is 2.62. The molecule has 0 unspecified atom stereocenters. The van der Waals surface area contributed by atoms with Crippen molar-refractivity contribution in [2.45, 2.75) is 26.8 Å². The average molecular weight is 392 g/mol. The zero-order valence-electron chi connectivity index (χ0n) is 16.3.